The van der Waals surface area contributed by atoms with Crippen LogP contribution in [0.3, 0.4) is 0 Å². The van der Waals surface area contributed by atoms with Crippen LogP contribution in [0.1, 0.15) is 30.1 Å². The Bertz CT molecular complexity index is 879. The Labute approximate surface area is 159 Å². The number of rotatable bonds is 9. The summed E-state index contributed by atoms with van der Waals surface area (Å²) in [5, 5.41) is 2.79. The third-order valence-corrected chi connectivity index (χ3v) is 5.28. The standard InChI is InChI=1S/C19H24N2O5S/c1-4-5-12-20-19(22)14-6-9-16(10-7-14)27(23,24)21-15-8-11-17(25-2)18(13-15)26-3/h6-11,13,21H,4-5,12H2,1-3H3,(H,20,22). The molecule has 8 heteroatoms. The van der Waals surface area contributed by atoms with E-state index in [1.807, 2.05) is 6.92 Å². The molecule has 146 valence electrons. The largest absolute Gasteiger partial charge is 0.493 e. The second-order valence-electron chi connectivity index (χ2n) is 5.81. The number of hydrogen-bond donors (Lipinski definition) is 2. The number of sulfonamides is 1. The minimum Gasteiger partial charge on any atom is -0.493 e. The van der Waals surface area contributed by atoms with E-state index in [2.05, 4.69) is 10.0 Å². The van der Waals surface area contributed by atoms with Gasteiger partial charge in [-0.05, 0) is 42.8 Å². The zero-order valence-electron chi connectivity index (χ0n) is 15.6. The number of carbonyl (C=O) groups is 1. The first-order valence-electron chi connectivity index (χ1n) is 8.54. The summed E-state index contributed by atoms with van der Waals surface area (Å²) in [5.41, 5.74) is 0.755. The van der Waals surface area contributed by atoms with Crippen molar-refractivity contribution in [2.75, 3.05) is 25.5 Å². The Kier molecular flexibility index (Phi) is 7.06. The summed E-state index contributed by atoms with van der Waals surface area (Å²) in [6, 6.07) is 10.5. The highest BCUT2D eigenvalue weighted by molar-refractivity contribution is 7.92. The maximum atomic E-state index is 12.6. The van der Waals surface area contributed by atoms with Gasteiger partial charge >= 0.3 is 0 Å². The molecule has 2 rings (SSSR count). The predicted molar refractivity (Wildman–Crippen MR) is 104 cm³/mol. The van der Waals surface area contributed by atoms with Gasteiger partial charge in [-0.25, -0.2) is 8.42 Å². The molecular formula is C19H24N2O5S. The molecule has 27 heavy (non-hydrogen) atoms. The molecule has 0 bridgehead atoms. The molecule has 2 N–H and O–H groups in total. The van der Waals surface area contributed by atoms with Crippen LogP contribution >= 0.6 is 0 Å². The number of benzene rings is 2. The molecule has 0 heterocycles. The summed E-state index contributed by atoms with van der Waals surface area (Å²) >= 11 is 0. The number of methoxy groups -OCH3 is 2. The Balaban J connectivity index is 2.13. The summed E-state index contributed by atoms with van der Waals surface area (Å²) in [7, 11) is -0.825. The van der Waals surface area contributed by atoms with Gasteiger partial charge in [-0.2, -0.15) is 0 Å². The summed E-state index contributed by atoms with van der Waals surface area (Å²) < 4.78 is 37.9. The first kappa shape index (κ1) is 20.6. The monoisotopic (exact) mass is 392 g/mol. The maximum Gasteiger partial charge on any atom is 0.261 e. The highest BCUT2D eigenvalue weighted by atomic mass is 32.2. The number of amides is 1. The molecule has 0 aliphatic heterocycles. The van der Waals surface area contributed by atoms with Crippen LogP contribution < -0.4 is 19.5 Å². The Morgan fingerprint density at radius 1 is 1.00 bits per heavy atom. The van der Waals surface area contributed by atoms with Crippen molar-refractivity contribution in [2.45, 2.75) is 24.7 Å². The number of ether oxygens (including phenoxy) is 2. The van der Waals surface area contributed by atoms with Crippen molar-refractivity contribution in [2.24, 2.45) is 0 Å². The molecule has 0 spiro atoms. The zero-order valence-corrected chi connectivity index (χ0v) is 16.4. The van der Waals surface area contributed by atoms with Crippen LogP contribution in [0.25, 0.3) is 0 Å². The van der Waals surface area contributed by atoms with Gasteiger partial charge in [-0.3, -0.25) is 9.52 Å². The molecule has 1 amide bonds. The summed E-state index contributed by atoms with van der Waals surface area (Å²) in [5.74, 6) is 0.691. The average molecular weight is 392 g/mol. The molecule has 0 radical (unpaired) electrons. The van der Waals surface area contributed by atoms with Crippen molar-refractivity contribution in [3.05, 3.63) is 48.0 Å². The molecule has 2 aromatic carbocycles. The molecule has 0 aromatic heterocycles. The quantitative estimate of drug-likeness (QED) is 0.640. The molecule has 0 saturated heterocycles. The highest BCUT2D eigenvalue weighted by Gasteiger charge is 2.16. The number of anilines is 1. The summed E-state index contributed by atoms with van der Waals surface area (Å²) in [6.07, 6.45) is 1.88. The van der Waals surface area contributed by atoms with Crippen molar-refractivity contribution < 1.29 is 22.7 Å². The van der Waals surface area contributed by atoms with E-state index in [0.717, 1.165) is 12.8 Å². The number of hydrogen-bond acceptors (Lipinski definition) is 5. The molecule has 0 atom stereocenters. The fourth-order valence-electron chi connectivity index (χ4n) is 2.38. The van der Waals surface area contributed by atoms with Gasteiger partial charge < -0.3 is 14.8 Å². The Morgan fingerprint density at radius 3 is 2.26 bits per heavy atom. The molecular weight excluding hydrogens is 368 g/mol. The number of carbonyl (C=O) groups excluding carboxylic acids is 1. The van der Waals surface area contributed by atoms with Crippen molar-refractivity contribution in [3.8, 4) is 11.5 Å². The summed E-state index contributed by atoms with van der Waals surface area (Å²) in [4.78, 5) is 12.1. The SMILES string of the molecule is CCCCNC(=O)c1ccc(S(=O)(=O)Nc2ccc(OC)c(OC)c2)cc1. The van der Waals surface area contributed by atoms with Crippen LogP contribution in [0.2, 0.25) is 0 Å². The molecule has 0 saturated carbocycles. The third-order valence-electron chi connectivity index (χ3n) is 3.88. The van der Waals surface area contributed by atoms with E-state index in [1.54, 1.807) is 12.1 Å². The smallest absolute Gasteiger partial charge is 0.261 e. The minimum absolute atomic E-state index is 0.0578. The second-order valence-corrected chi connectivity index (χ2v) is 7.49. The van der Waals surface area contributed by atoms with Gasteiger partial charge in [0.25, 0.3) is 15.9 Å². The Hall–Kier alpha value is -2.74. The van der Waals surface area contributed by atoms with E-state index in [1.165, 1.54) is 44.6 Å². The fraction of sp³-hybridized carbons (Fsp3) is 0.316. The molecule has 0 aliphatic carbocycles. The fourth-order valence-corrected chi connectivity index (χ4v) is 3.43. The van der Waals surface area contributed by atoms with Crippen LogP contribution in [-0.4, -0.2) is 35.1 Å². The first-order valence-corrected chi connectivity index (χ1v) is 10.0. The lowest BCUT2D eigenvalue weighted by molar-refractivity contribution is 0.0953. The Morgan fingerprint density at radius 2 is 1.67 bits per heavy atom. The topological polar surface area (TPSA) is 93.7 Å². The van der Waals surface area contributed by atoms with Gasteiger partial charge in [0.05, 0.1) is 24.8 Å². The van der Waals surface area contributed by atoms with Gasteiger partial charge in [0.2, 0.25) is 0 Å². The van der Waals surface area contributed by atoms with E-state index in [-0.39, 0.29) is 10.8 Å². The highest BCUT2D eigenvalue weighted by Crippen LogP contribution is 2.30. The van der Waals surface area contributed by atoms with Crippen molar-refractivity contribution in [3.63, 3.8) is 0 Å². The van der Waals surface area contributed by atoms with Crippen LogP contribution in [0.15, 0.2) is 47.4 Å². The minimum atomic E-state index is -3.80. The predicted octanol–water partition coefficient (Wildman–Crippen LogP) is 3.03. The first-order chi connectivity index (χ1) is 12.9. The lowest BCUT2D eigenvalue weighted by Gasteiger charge is -2.12. The van der Waals surface area contributed by atoms with Gasteiger partial charge in [0, 0.05) is 18.2 Å². The van der Waals surface area contributed by atoms with Crippen LogP contribution in [0.4, 0.5) is 5.69 Å². The van der Waals surface area contributed by atoms with E-state index < -0.39 is 10.0 Å². The second kappa shape index (κ2) is 9.27. The van der Waals surface area contributed by atoms with Crippen molar-refractivity contribution in [1.29, 1.82) is 0 Å². The molecule has 0 unspecified atom stereocenters. The third kappa shape index (κ3) is 5.37. The number of nitrogens with one attached hydrogen (secondary N) is 2. The lowest BCUT2D eigenvalue weighted by atomic mass is 10.2. The molecule has 0 aliphatic rings. The normalized spacial score (nSPS) is 10.9. The molecule has 2 aromatic rings. The van der Waals surface area contributed by atoms with Gasteiger partial charge in [-0.15, -0.1) is 0 Å². The summed E-state index contributed by atoms with van der Waals surface area (Å²) in [6.45, 7) is 2.63. The molecule has 7 nitrogen and oxygen atoms in total. The van der Waals surface area contributed by atoms with Crippen molar-refractivity contribution >= 4 is 21.6 Å². The number of unbranched alkanes of at least 4 members (excludes halogenated alkanes) is 1. The van der Waals surface area contributed by atoms with Gasteiger partial charge in [0.15, 0.2) is 11.5 Å². The van der Waals surface area contributed by atoms with Crippen LogP contribution in [-0.2, 0) is 10.0 Å². The van der Waals surface area contributed by atoms with E-state index >= 15 is 0 Å². The van der Waals surface area contributed by atoms with Crippen LogP contribution in [0, 0.1) is 0 Å². The zero-order chi connectivity index (χ0) is 19.9. The maximum absolute atomic E-state index is 12.6. The van der Waals surface area contributed by atoms with Gasteiger partial charge in [0.1, 0.15) is 0 Å². The molecule has 0 fully saturated rings. The average Bonchev–Trinajstić information content (AvgIpc) is 2.67. The lowest BCUT2D eigenvalue weighted by Crippen LogP contribution is -2.24. The van der Waals surface area contributed by atoms with E-state index in [0.29, 0.717) is 29.3 Å². The van der Waals surface area contributed by atoms with E-state index in [9.17, 15) is 13.2 Å². The van der Waals surface area contributed by atoms with E-state index in [4.69, 9.17) is 9.47 Å². The van der Waals surface area contributed by atoms with Gasteiger partial charge in [-0.1, -0.05) is 13.3 Å². The van der Waals surface area contributed by atoms with Crippen LogP contribution in [0.5, 0.6) is 11.5 Å². The van der Waals surface area contributed by atoms with Crippen molar-refractivity contribution in [1.82, 2.24) is 5.32 Å².